The number of alkyl halides is 1. The summed E-state index contributed by atoms with van der Waals surface area (Å²) < 4.78 is 1.14. The zero-order valence-corrected chi connectivity index (χ0v) is 12.2. The average molecular weight is 358 g/mol. The van der Waals surface area contributed by atoms with Crippen molar-refractivity contribution in [2.75, 3.05) is 19.0 Å². The Hall–Kier alpha value is 0.190. The lowest BCUT2D eigenvalue weighted by atomic mass is 10.3. The maximum absolute atomic E-state index is 12.0. The summed E-state index contributed by atoms with van der Waals surface area (Å²) in [4.78, 5) is 13.8. The van der Waals surface area contributed by atoms with Gasteiger partial charge in [-0.25, -0.2) is 0 Å². The Labute approximate surface area is 113 Å². The first-order chi connectivity index (χ1) is 7.19. The van der Waals surface area contributed by atoms with Crippen LogP contribution in [0.2, 0.25) is 0 Å². The molecule has 84 valence electrons. The highest BCUT2D eigenvalue weighted by molar-refractivity contribution is 14.1. The monoisotopic (exact) mass is 357 g/mol. The van der Waals surface area contributed by atoms with Crippen LogP contribution in [0, 0.1) is 2.88 Å². The number of nitrogens with zero attached hydrogens (tertiary/aromatic N) is 1. The van der Waals surface area contributed by atoms with E-state index in [2.05, 4.69) is 22.6 Å². The number of hydrogen-bond donors (Lipinski definition) is 0. The van der Waals surface area contributed by atoms with E-state index in [9.17, 15) is 4.79 Å². The lowest BCUT2D eigenvalue weighted by Gasteiger charge is -2.19. The molecule has 1 aromatic heterocycles. The standard InChI is InChI=1S/C10H13ClINOS/c1-2-13(5-3-4-11)10(14)8-6-9(12)15-7-8/h6-7H,2-5H2,1H3. The first-order valence-electron chi connectivity index (χ1n) is 4.78. The quantitative estimate of drug-likeness (QED) is 0.584. The van der Waals surface area contributed by atoms with Crippen LogP contribution in [0.15, 0.2) is 11.4 Å². The fourth-order valence-electron chi connectivity index (χ4n) is 1.26. The van der Waals surface area contributed by atoms with Crippen molar-refractivity contribution >= 4 is 51.4 Å². The van der Waals surface area contributed by atoms with Gasteiger partial charge in [-0.1, -0.05) is 0 Å². The number of amides is 1. The molecule has 0 radical (unpaired) electrons. The third-order valence-electron chi connectivity index (χ3n) is 2.05. The Morgan fingerprint density at radius 2 is 2.40 bits per heavy atom. The van der Waals surface area contributed by atoms with Crippen LogP contribution >= 0.6 is 45.5 Å². The second-order valence-corrected chi connectivity index (χ2v) is 6.25. The summed E-state index contributed by atoms with van der Waals surface area (Å²) in [5.41, 5.74) is 0.792. The predicted molar refractivity (Wildman–Crippen MR) is 74.0 cm³/mol. The molecule has 15 heavy (non-hydrogen) atoms. The Kier molecular flexibility index (Phi) is 5.92. The summed E-state index contributed by atoms with van der Waals surface area (Å²) >= 11 is 9.44. The molecular formula is C10H13ClINOS. The van der Waals surface area contributed by atoms with Crippen molar-refractivity contribution in [2.45, 2.75) is 13.3 Å². The summed E-state index contributed by atoms with van der Waals surface area (Å²) in [7, 11) is 0. The van der Waals surface area contributed by atoms with E-state index >= 15 is 0 Å². The van der Waals surface area contributed by atoms with E-state index in [-0.39, 0.29) is 5.91 Å². The van der Waals surface area contributed by atoms with Gasteiger partial charge >= 0.3 is 0 Å². The van der Waals surface area contributed by atoms with Gasteiger partial charge in [-0.15, -0.1) is 22.9 Å². The van der Waals surface area contributed by atoms with Gasteiger partial charge in [-0.3, -0.25) is 4.79 Å². The molecule has 0 aromatic carbocycles. The molecule has 1 heterocycles. The summed E-state index contributed by atoms with van der Waals surface area (Å²) in [6.07, 6.45) is 0.850. The molecule has 1 amide bonds. The van der Waals surface area contributed by atoms with Crippen LogP contribution in [0.25, 0.3) is 0 Å². The third-order valence-corrected chi connectivity index (χ3v) is 4.10. The van der Waals surface area contributed by atoms with E-state index in [1.165, 1.54) is 0 Å². The van der Waals surface area contributed by atoms with E-state index in [0.717, 1.165) is 28.0 Å². The van der Waals surface area contributed by atoms with Crippen LogP contribution in [0.5, 0.6) is 0 Å². The largest absolute Gasteiger partial charge is 0.339 e. The summed E-state index contributed by atoms with van der Waals surface area (Å²) in [5, 5.41) is 1.91. The summed E-state index contributed by atoms with van der Waals surface area (Å²) in [6.45, 7) is 3.47. The molecule has 2 nitrogen and oxygen atoms in total. The smallest absolute Gasteiger partial charge is 0.254 e. The number of rotatable bonds is 5. The maximum atomic E-state index is 12.0. The average Bonchev–Trinajstić information content (AvgIpc) is 2.65. The van der Waals surface area contributed by atoms with Crippen molar-refractivity contribution in [3.8, 4) is 0 Å². The van der Waals surface area contributed by atoms with Gasteiger partial charge in [0.2, 0.25) is 0 Å². The van der Waals surface area contributed by atoms with Crippen LogP contribution < -0.4 is 0 Å². The van der Waals surface area contributed by atoms with Gasteiger partial charge < -0.3 is 4.90 Å². The van der Waals surface area contributed by atoms with Gasteiger partial charge in [0, 0.05) is 24.3 Å². The molecule has 0 unspecified atom stereocenters. The normalized spacial score (nSPS) is 10.3. The van der Waals surface area contributed by atoms with E-state index < -0.39 is 0 Å². The van der Waals surface area contributed by atoms with E-state index in [0.29, 0.717) is 5.88 Å². The minimum atomic E-state index is 0.113. The second-order valence-electron chi connectivity index (χ2n) is 3.07. The van der Waals surface area contributed by atoms with Crippen LogP contribution in [0.4, 0.5) is 0 Å². The molecule has 0 saturated heterocycles. The van der Waals surface area contributed by atoms with Gasteiger partial charge in [-0.2, -0.15) is 0 Å². The molecule has 0 saturated carbocycles. The highest BCUT2D eigenvalue weighted by Gasteiger charge is 2.14. The predicted octanol–water partition coefficient (Wildman–Crippen LogP) is 3.44. The van der Waals surface area contributed by atoms with Crippen molar-refractivity contribution in [3.63, 3.8) is 0 Å². The molecule has 0 aliphatic carbocycles. The molecule has 1 rings (SSSR count). The van der Waals surface area contributed by atoms with Gasteiger partial charge in [0.05, 0.1) is 8.45 Å². The topological polar surface area (TPSA) is 20.3 Å². The van der Waals surface area contributed by atoms with E-state index in [1.807, 2.05) is 23.3 Å². The zero-order valence-electron chi connectivity index (χ0n) is 8.50. The van der Waals surface area contributed by atoms with Gasteiger partial charge in [0.25, 0.3) is 5.91 Å². The second kappa shape index (κ2) is 6.70. The van der Waals surface area contributed by atoms with Gasteiger partial charge in [0.15, 0.2) is 0 Å². The number of halogens is 2. The molecule has 0 bridgehead atoms. The fraction of sp³-hybridized carbons (Fsp3) is 0.500. The molecule has 0 atom stereocenters. The number of carbonyl (C=O) groups excluding carboxylic acids is 1. The third kappa shape index (κ3) is 3.92. The van der Waals surface area contributed by atoms with Gasteiger partial charge in [-0.05, 0) is 42.0 Å². The highest BCUT2D eigenvalue weighted by atomic mass is 127. The minimum Gasteiger partial charge on any atom is -0.339 e. The Balaban J connectivity index is 2.64. The van der Waals surface area contributed by atoms with Crippen molar-refractivity contribution in [2.24, 2.45) is 0 Å². The lowest BCUT2D eigenvalue weighted by Crippen LogP contribution is -2.31. The van der Waals surface area contributed by atoms with Crippen LogP contribution in [0.1, 0.15) is 23.7 Å². The lowest BCUT2D eigenvalue weighted by molar-refractivity contribution is 0.0765. The highest BCUT2D eigenvalue weighted by Crippen LogP contribution is 2.18. The van der Waals surface area contributed by atoms with Crippen molar-refractivity contribution in [3.05, 3.63) is 19.9 Å². The molecule has 1 aromatic rings. The molecular weight excluding hydrogens is 345 g/mol. The zero-order chi connectivity index (χ0) is 11.3. The minimum absolute atomic E-state index is 0.113. The van der Waals surface area contributed by atoms with Gasteiger partial charge in [0.1, 0.15) is 0 Å². The molecule has 0 fully saturated rings. The van der Waals surface area contributed by atoms with Crippen molar-refractivity contribution < 1.29 is 4.79 Å². The maximum Gasteiger partial charge on any atom is 0.254 e. The van der Waals surface area contributed by atoms with E-state index in [1.54, 1.807) is 11.3 Å². The SMILES string of the molecule is CCN(CCCCl)C(=O)c1csc(I)c1. The Morgan fingerprint density at radius 3 is 2.87 bits per heavy atom. The van der Waals surface area contributed by atoms with Crippen LogP contribution in [-0.4, -0.2) is 29.8 Å². The van der Waals surface area contributed by atoms with E-state index in [4.69, 9.17) is 11.6 Å². The Morgan fingerprint density at radius 1 is 1.67 bits per heavy atom. The number of thiophene rings is 1. The van der Waals surface area contributed by atoms with Crippen molar-refractivity contribution in [1.82, 2.24) is 4.90 Å². The molecule has 0 N–H and O–H groups in total. The molecule has 5 heteroatoms. The Bertz CT molecular complexity index is 329. The summed E-state index contributed by atoms with van der Waals surface area (Å²) in [6, 6.07) is 1.93. The summed E-state index contributed by atoms with van der Waals surface area (Å²) in [5.74, 6) is 0.715. The first-order valence-corrected chi connectivity index (χ1v) is 7.27. The number of carbonyl (C=O) groups is 1. The van der Waals surface area contributed by atoms with Crippen molar-refractivity contribution in [1.29, 1.82) is 0 Å². The first kappa shape index (κ1) is 13.3. The van der Waals surface area contributed by atoms with Crippen LogP contribution in [0.3, 0.4) is 0 Å². The fourth-order valence-corrected chi connectivity index (χ4v) is 2.70. The molecule has 0 aliphatic rings. The molecule has 0 aliphatic heterocycles. The molecule has 0 spiro atoms. The van der Waals surface area contributed by atoms with Crippen LogP contribution in [-0.2, 0) is 0 Å². The number of hydrogen-bond acceptors (Lipinski definition) is 2.